The van der Waals surface area contributed by atoms with Gasteiger partial charge >= 0.3 is 0 Å². The molecule has 0 radical (unpaired) electrons. The molecule has 0 bridgehead atoms. The van der Waals surface area contributed by atoms with Gasteiger partial charge in [0, 0.05) is 10.7 Å². The third kappa shape index (κ3) is 4.70. The molecule has 0 saturated carbocycles. The molecule has 144 valence electrons. The fourth-order valence-electron chi connectivity index (χ4n) is 2.70. The Hall–Kier alpha value is -2.41. The monoisotopic (exact) mass is 431 g/mol. The number of hydrogen-bond acceptors (Lipinski definition) is 3. The van der Waals surface area contributed by atoms with Crippen LogP contribution >= 0.6 is 35.4 Å². The van der Waals surface area contributed by atoms with Gasteiger partial charge in [-0.3, -0.25) is 5.43 Å². The topological polar surface area (TPSA) is 54.2 Å². The van der Waals surface area contributed by atoms with Crippen LogP contribution in [0.25, 0.3) is 5.69 Å². The molecule has 1 heterocycles. The minimum absolute atomic E-state index is 0.388. The highest BCUT2D eigenvalue weighted by atomic mass is 35.5. The van der Waals surface area contributed by atoms with Crippen molar-refractivity contribution in [2.45, 2.75) is 20.8 Å². The summed E-state index contributed by atoms with van der Waals surface area (Å²) in [5.41, 5.74) is 8.26. The normalized spacial score (nSPS) is 11.0. The second-order valence-electron chi connectivity index (χ2n) is 6.32. The van der Waals surface area contributed by atoms with Crippen LogP contribution in [0.2, 0.25) is 10.2 Å². The Kier molecular flexibility index (Phi) is 6.34. The van der Waals surface area contributed by atoms with Crippen LogP contribution in [0.4, 0.5) is 5.69 Å². The van der Waals surface area contributed by atoms with E-state index in [2.05, 4.69) is 27.0 Å². The van der Waals surface area contributed by atoms with E-state index in [1.165, 1.54) is 5.56 Å². The molecule has 3 aromatic rings. The minimum Gasteiger partial charge on any atom is -0.331 e. The molecule has 2 aromatic carbocycles. The van der Waals surface area contributed by atoms with Crippen molar-refractivity contribution >= 4 is 52.4 Å². The molecule has 0 spiro atoms. The van der Waals surface area contributed by atoms with Gasteiger partial charge in [0.15, 0.2) is 5.11 Å². The number of thiocarbonyl (C=S) groups is 1. The Balaban J connectivity index is 1.71. The van der Waals surface area contributed by atoms with E-state index in [4.69, 9.17) is 35.4 Å². The molecular weight excluding hydrogens is 413 g/mol. The van der Waals surface area contributed by atoms with Gasteiger partial charge in [0.05, 0.1) is 23.2 Å². The second kappa shape index (κ2) is 8.73. The Morgan fingerprint density at radius 2 is 1.93 bits per heavy atom. The smallest absolute Gasteiger partial charge is 0.191 e. The first kappa shape index (κ1) is 20.3. The standard InChI is InChI=1S/C20H19Cl2N5S/c1-12-7-8-18(13(2)9-12)24-20(28)25-23-11-17-14(3)26-27(19(17)22)16-6-4-5-15(21)10-16/h4-11H,1-3H3,(H2,24,25,28). The molecule has 28 heavy (non-hydrogen) atoms. The molecule has 0 amide bonds. The zero-order valence-electron chi connectivity index (χ0n) is 15.6. The highest BCUT2D eigenvalue weighted by Gasteiger charge is 2.13. The Morgan fingerprint density at radius 1 is 1.14 bits per heavy atom. The zero-order valence-corrected chi connectivity index (χ0v) is 18.0. The molecule has 0 aliphatic heterocycles. The number of halogens is 2. The van der Waals surface area contributed by atoms with E-state index in [0.29, 0.717) is 20.9 Å². The summed E-state index contributed by atoms with van der Waals surface area (Å²) < 4.78 is 1.62. The summed E-state index contributed by atoms with van der Waals surface area (Å²) in [4.78, 5) is 0. The van der Waals surface area contributed by atoms with Crippen molar-refractivity contribution in [2.75, 3.05) is 5.32 Å². The first-order valence-corrected chi connectivity index (χ1v) is 9.70. The zero-order chi connectivity index (χ0) is 20.3. The SMILES string of the molecule is Cc1ccc(NC(=S)NN=Cc2c(C)nn(-c3cccc(Cl)c3)c2Cl)c(C)c1. The molecule has 8 heteroatoms. The number of nitrogens with one attached hydrogen (secondary N) is 2. The summed E-state index contributed by atoms with van der Waals surface area (Å²) in [5.74, 6) is 0. The lowest BCUT2D eigenvalue weighted by atomic mass is 10.1. The summed E-state index contributed by atoms with van der Waals surface area (Å²) in [6.07, 6.45) is 1.60. The van der Waals surface area contributed by atoms with Gasteiger partial charge in [0.25, 0.3) is 0 Å². The van der Waals surface area contributed by atoms with Crippen LogP contribution in [0.1, 0.15) is 22.4 Å². The van der Waals surface area contributed by atoms with Crippen molar-refractivity contribution in [1.29, 1.82) is 0 Å². The van der Waals surface area contributed by atoms with E-state index in [1.807, 2.05) is 45.0 Å². The third-order valence-electron chi connectivity index (χ3n) is 4.09. The maximum atomic E-state index is 6.49. The lowest BCUT2D eigenvalue weighted by Gasteiger charge is -2.10. The molecule has 5 nitrogen and oxygen atoms in total. The van der Waals surface area contributed by atoms with Gasteiger partial charge in [-0.15, -0.1) is 0 Å². The Morgan fingerprint density at radius 3 is 2.64 bits per heavy atom. The van der Waals surface area contributed by atoms with Crippen molar-refractivity contribution in [3.63, 3.8) is 0 Å². The van der Waals surface area contributed by atoms with E-state index in [1.54, 1.807) is 23.0 Å². The second-order valence-corrected chi connectivity index (χ2v) is 7.53. The number of anilines is 1. The minimum atomic E-state index is 0.388. The first-order chi connectivity index (χ1) is 13.3. The molecule has 0 atom stereocenters. The summed E-state index contributed by atoms with van der Waals surface area (Å²) in [7, 11) is 0. The van der Waals surface area contributed by atoms with Gasteiger partial charge in [-0.2, -0.15) is 10.2 Å². The number of aromatic nitrogens is 2. The average Bonchev–Trinajstić information content (AvgIpc) is 2.92. The summed E-state index contributed by atoms with van der Waals surface area (Å²) in [6.45, 7) is 5.93. The number of rotatable bonds is 4. The van der Waals surface area contributed by atoms with Crippen molar-refractivity contribution in [2.24, 2.45) is 5.10 Å². The fourth-order valence-corrected chi connectivity index (χ4v) is 3.36. The van der Waals surface area contributed by atoms with E-state index < -0.39 is 0 Å². The number of nitrogens with zero attached hydrogens (tertiary/aromatic N) is 3. The number of hydrazone groups is 1. The van der Waals surface area contributed by atoms with Crippen LogP contribution < -0.4 is 10.7 Å². The van der Waals surface area contributed by atoms with Gasteiger partial charge in [-0.1, -0.05) is 47.0 Å². The predicted molar refractivity (Wildman–Crippen MR) is 121 cm³/mol. The van der Waals surface area contributed by atoms with Gasteiger partial charge in [0.1, 0.15) is 5.15 Å². The van der Waals surface area contributed by atoms with E-state index >= 15 is 0 Å². The van der Waals surface area contributed by atoms with Crippen LogP contribution in [0.15, 0.2) is 47.6 Å². The molecule has 0 aliphatic carbocycles. The average molecular weight is 432 g/mol. The van der Waals surface area contributed by atoms with Gasteiger partial charge in [-0.05, 0) is 62.8 Å². The lowest BCUT2D eigenvalue weighted by molar-refractivity contribution is 0.863. The van der Waals surface area contributed by atoms with Crippen LogP contribution in [-0.4, -0.2) is 21.1 Å². The van der Waals surface area contributed by atoms with Crippen LogP contribution in [-0.2, 0) is 0 Å². The van der Waals surface area contributed by atoms with Crippen molar-refractivity contribution in [3.8, 4) is 5.69 Å². The van der Waals surface area contributed by atoms with Crippen molar-refractivity contribution in [3.05, 3.63) is 75.0 Å². The quantitative estimate of drug-likeness (QED) is 0.328. The highest BCUT2D eigenvalue weighted by Crippen LogP contribution is 2.23. The van der Waals surface area contributed by atoms with Gasteiger partial charge < -0.3 is 5.32 Å². The van der Waals surface area contributed by atoms with Crippen molar-refractivity contribution < 1.29 is 0 Å². The van der Waals surface area contributed by atoms with Crippen LogP contribution in [0, 0.1) is 20.8 Å². The van der Waals surface area contributed by atoms with Crippen LogP contribution in [0.5, 0.6) is 0 Å². The maximum Gasteiger partial charge on any atom is 0.191 e. The Bertz CT molecular complexity index is 1060. The largest absolute Gasteiger partial charge is 0.331 e. The predicted octanol–water partition coefficient (Wildman–Crippen LogP) is 5.42. The summed E-state index contributed by atoms with van der Waals surface area (Å²) in [6, 6.07) is 13.4. The molecule has 2 N–H and O–H groups in total. The van der Waals surface area contributed by atoms with Crippen LogP contribution in [0.3, 0.4) is 0 Å². The number of aryl methyl sites for hydroxylation is 3. The first-order valence-electron chi connectivity index (χ1n) is 8.53. The highest BCUT2D eigenvalue weighted by molar-refractivity contribution is 7.80. The lowest BCUT2D eigenvalue weighted by Crippen LogP contribution is -2.24. The summed E-state index contributed by atoms with van der Waals surface area (Å²) >= 11 is 17.8. The van der Waals surface area contributed by atoms with E-state index in [9.17, 15) is 0 Å². The van der Waals surface area contributed by atoms with E-state index in [-0.39, 0.29) is 0 Å². The van der Waals surface area contributed by atoms with Gasteiger partial charge in [0.2, 0.25) is 0 Å². The van der Waals surface area contributed by atoms with Gasteiger partial charge in [-0.25, -0.2) is 4.68 Å². The third-order valence-corrected chi connectivity index (χ3v) is 4.88. The molecule has 0 fully saturated rings. The van der Waals surface area contributed by atoms with Crippen molar-refractivity contribution in [1.82, 2.24) is 15.2 Å². The fraction of sp³-hybridized carbons (Fsp3) is 0.150. The maximum absolute atomic E-state index is 6.49. The molecule has 0 aliphatic rings. The molecular formula is C20H19Cl2N5S. The molecule has 0 saturated heterocycles. The number of hydrogen-bond donors (Lipinski definition) is 2. The molecule has 0 unspecified atom stereocenters. The molecule has 3 rings (SSSR count). The molecule has 1 aromatic heterocycles. The number of benzene rings is 2. The Labute approximate surface area is 179 Å². The summed E-state index contributed by atoms with van der Waals surface area (Å²) in [5, 5.41) is 13.2. The van der Waals surface area contributed by atoms with E-state index in [0.717, 1.165) is 22.6 Å².